The molecule has 26 heavy (non-hydrogen) atoms. The third-order valence-electron chi connectivity index (χ3n) is 3.37. The summed E-state index contributed by atoms with van der Waals surface area (Å²) in [6.07, 6.45) is 0. The number of hydrogen-bond donors (Lipinski definition) is 1. The molecule has 0 spiro atoms. The largest absolute Gasteiger partial charge is 0.323 e. The molecule has 1 amide bonds. The lowest BCUT2D eigenvalue weighted by atomic mass is 10.3. The standard InChI is InChI=1S/C17H13F2N3OS3/c1-10(15(23)20-14-8-7-11(18)9-13(14)19)25-16-21-22(17(24)26-16)12-5-3-2-4-6-12/h2-10H,1H3,(H,20,23). The van der Waals surface area contributed by atoms with Crippen LogP contribution in [0.4, 0.5) is 14.5 Å². The zero-order valence-corrected chi connectivity index (χ0v) is 15.9. The molecule has 9 heteroatoms. The number of thioether (sulfide) groups is 1. The van der Waals surface area contributed by atoms with Crippen molar-refractivity contribution in [3.05, 3.63) is 64.1 Å². The van der Waals surface area contributed by atoms with Crippen molar-refractivity contribution in [1.29, 1.82) is 0 Å². The second-order valence-corrected chi connectivity index (χ2v) is 8.47. The van der Waals surface area contributed by atoms with Gasteiger partial charge in [0.25, 0.3) is 0 Å². The van der Waals surface area contributed by atoms with Gasteiger partial charge in [0.15, 0.2) is 8.29 Å². The van der Waals surface area contributed by atoms with Crippen molar-refractivity contribution in [2.45, 2.75) is 16.5 Å². The van der Waals surface area contributed by atoms with Crippen LogP contribution in [-0.4, -0.2) is 20.9 Å². The van der Waals surface area contributed by atoms with Crippen molar-refractivity contribution >= 4 is 46.9 Å². The van der Waals surface area contributed by atoms with Gasteiger partial charge in [-0.1, -0.05) is 41.3 Å². The molecule has 0 fully saturated rings. The number of nitrogens with one attached hydrogen (secondary N) is 1. The number of rotatable bonds is 5. The zero-order valence-electron chi connectivity index (χ0n) is 13.5. The third kappa shape index (κ3) is 4.35. The van der Waals surface area contributed by atoms with Gasteiger partial charge in [-0.05, 0) is 43.4 Å². The highest BCUT2D eigenvalue weighted by Crippen LogP contribution is 2.28. The quantitative estimate of drug-likeness (QED) is 0.473. The topological polar surface area (TPSA) is 46.9 Å². The molecule has 0 aliphatic carbocycles. The van der Waals surface area contributed by atoms with Gasteiger partial charge in [0.05, 0.1) is 16.6 Å². The number of para-hydroxylation sites is 1. The Kier molecular flexibility index (Phi) is 5.80. The van der Waals surface area contributed by atoms with E-state index < -0.39 is 22.8 Å². The number of amides is 1. The van der Waals surface area contributed by atoms with Gasteiger partial charge < -0.3 is 5.32 Å². The van der Waals surface area contributed by atoms with Crippen molar-refractivity contribution in [3.63, 3.8) is 0 Å². The van der Waals surface area contributed by atoms with E-state index in [1.54, 1.807) is 11.6 Å². The first-order valence-corrected chi connectivity index (χ1v) is 9.62. The molecule has 134 valence electrons. The Morgan fingerprint density at radius 2 is 2.00 bits per heavy atom. The number of carbonyl (C=O) groups is 1. The summed E-state index contributed by atoms with van der Waals surface area (Å²) in [7, 11) is 0. The molecule has 1 aromatic heterocycles. The summed E-state index contributed by atoms with van der Waals surface area (Å²) in [6.45, 7) is 1.68. The maximum Gasteiger partial charge on any atom is 0.237 e. The molecule has 0 aliphatic heterocycles. The van der Waals surface area contributed by atoms with E-state index >= 15 is 0 Å². The fourth-order valence-electron chi connectivity index (χ4n) is 2.07. The van der Waals surface area contributed by atoms with E-state index in [1.807, 2.05) is 30.3 Å². The second-order valence-electron chi connectivity index (χ2n) is 5.25. The molecule has 3 aromatic rings. The van der Waals surface area contributed by atoms with Crippen LogP contribution in [0.25, 0.3) is 5.69 Å². The van der Waals surface area contributed by atoms with Crippen LogP contribution in [0.2, 0.25) is 0 Å². The fourth-order valence-corrected chi connectivity index (χ4v) is 4.58. The molecule has 0 bridgehead atoms. The average molecular weight is 410 g/mol. The van der Waals surface area contributed by atoms with Crippen LogP contribution in [0.15, 0.2) is 52.9 Å². The summed E-state index contributed by atoms with van der Waals surface area (Å²) in [6, 6.07) is 12.4. The van der Waals surface area contributed by atoms with Gasteiger partial charge in [0.2, 0.25) is 5.91 Å². The van der Waals surface area contributed by atoms with Gasteiger partial charge in [0, 0.05) is 6.07 Å². The SMILES string of the molecule is CC(Sc1nn(-c2ccccc2)c(=S)s1)C(=O)Nc1ccc(F)cc1F. The number of halogens is 2. The summed E-state index contributed by atoms with van der Waals surface area (Å²) in [5.41, 5.74) is 0.775. The van der Waals surface area contributed by atoms with Crippen molar-refractivity contribution in [2.75, 3.05) is 5.32 Å². The molecule has 0 radical (unpaired) electrons. The molecule has 1 atom stereocenters. The Bertz CT molecular complexity index is 988. The smallest absolute Gasteiger partial charge is 0.237 e. The third-order valence-corrected chi connectivity index (χ3v) is 5.78. The minimum Gasteiger partial charge on any atom is -0.323 e. The predicted octanol–water partition coefficient (Wildman–Crippen LogP) is 5.06. The maximum absolute atomic E-state index is 13.7. The molecule has 0 saturated carbocycles. The molecule has 1 heterocycles. The summed E-state index contributed by atoms with van der Waals surface area (Å²) in [5.74, 6) is -1.93. The number of nitrogens with zero attached hydrogens (tertiary/aromatic N) is 2. The fraction of sp³-hybridized carbons (Fsp3) is 0.118. The lowest BCUT2D eigenvalue weighted by Crippen LogP contribution is -2.23. The summed E-state index contributed by atoms with van der Waals surface area (Å²) in [4.78, 5) is 12.3. The number of benzene rings is 2. The van der Waals surface area contributed by atoms with E-state index in [9.17, 15) is 13.6 Å². The van der Waals surface area contributed by atoms with E-state index in [2.05, 4.69) is 10.4 Å². The maximum atomic E-state index is 13.7. The van der Waals surface area contributed by atoms with Crippen LogP contribution < -0.4 is 5.32 Å². The summed E-state index contributed by atoms with van der Waals surface area (Å²) < 4.78 is 29.4. The Hall–Kier alpha value is -2.10. The van der Waals surface area contributed by atoms with E-state index in [0.29, 0.717) is 8.29 Å². The van der Waals surface area contributed by atoms with Gasteiger partial charge in [-0.15, -0.1) is 5.10 Å². The molecule has 3 rings (SSSR count). The lowest BCUT2D eigenvalue weighted by Gasteiger charge is -2.11. The molecule has 1 unspecified atom stereocenters. The molecular formula is C17H13F2N3OS3. The molecule has 4 nitrogen and oxygen atoms in total. The summed E-state index contributed by atoms with van der Waals surface area (Å²) >= 11 is 7.84. The highest BCUT2D eigenvalue weighted by atomic mass is 32.2. The predicted molar refractivity (Wildman–Crippen MR) is 103 cm³/mol. The molecule has 0 aliphatic rings. The first-order chi connectivity index (χ1) is 12.4. The van der Waals surface area contributed by atoms with Crippen LogP contribution in [-0.2, 0) is 4.79 Å². The lowest BCUT2D eigenvalue weighted by molar-refractivity contribution is -0.115. The minimum atomic E-state index is -0.820. The Labute approximate surface area is 161 Å². The summed E-state index contributed by atoms with van der Waals surface area (Å²) in [5, 5.41) is 6.34. The van der Waals surface area contributed by atoms with Crippen LogP contribution in [0.1, 0.15) is 6.92 Å². The molecule has 1 N–H and O–H groups in total. The number of aromatic nitrogens is 2. The average Bonchev–Trinajstić information content (AvgIpc) is 2.98. The zero-order chi connectivity index (χ0) is 18.7. The van der Waals surface area contributed by atoms with Crippen LogP contribution in [0.5, 0.6) is 0 Å². The van der Waals surface area contributed by atoms with Crippen LogP contribution in [0.3, 0.4) is 0 Å². The Balaban J connectivity index is 1.71. The Morgan fingerprint density at radius 1 is 1.27 bits per heavy atom. The van der Waals surface area contributed by atoms with Crippen molar-refractivity contribution in [2.24, 2.45) is 0 Å². The van der Waals surface area contributed by atoms with Gasteiger partial charge in [-0.25, -0.2) is 13.5 Å². The Morgan fingerprint density at radius 3 is 2.69 bits per heavy atom. The highest BCUT2D eigenvalue weighted by Gasteiger charge is 2.19. The second kappa shape index (κ2) is 8.07. The molecule has 2 aromatic carbocycles. The van der Waals surface area contributed by atoms with Crippen molar-refractivity contribution in [3.8, 4) is 5.69 Å². The van der Waals surface area contributed by atoms with E-state index in [-0.39, 0.29) is 5.69 Å². The van der Waals surface area contributed by atoms with Gasteiger partial charge in [-0.3, -0.25) is 4.79 Å². The van der Waals surface area contributed by atoms with E-state index in [4.69, 9.17) is 12.2 Å². The number of anilines is 1. The van der Waals surface area contributed by atoms with Gasteiger partial charge in [0.1, 0.15) is 11.6 Å². The number of carbonyl (C=O) groups excluding carboxylic acids is 1. The van der Waals surface area contributed by atoms with Gasteiger partial charge >= 0.3 is 0 Å². The van der Waals surface area contributed by atoms with Crippen LogP contribution >= 0.6 is 35.3 Å². The first-order valence-electron chi connectivity index (χ1n) is 7.52. The normalized spacial score (nSPS) is 12.0. The highest BCUT2D eigenvalue weighted by molar-refractivity contribution is 8.02. The number of hydrogen-bond acceptors (Lipinski definition) is 5. The van der Waals surface area contributed by atoms with E-state index in [0.717, 1.165) is 17.8 Å². The van der Waals surface area contributed by atoms with Gasteiger partial charge in [-0.2, -0.15) is 0 Å². The monoisotopic (exact) mass is 409 g/mol. The first kappa shape index (κ1) is 18.7. The molecular weight excluding hydrogens is 396 g/mol. The minimum absolute atomic E-state index is 0.0636. The van der Waals surface area contributed by atoms with E-state index in [1.165, 1.54) is 29.2 Å². The van der Waals surface area contributed by atoms with Crippen molar-refractivity contribution in [1.82, 2.24) is 9.78 Å². The van der Waals surface area contributed by atoms with Crippen molar-refractivity contribution < 1.29 is 13.6 Å². The molecule has 0 saturated heterocycles. The van der Waals surface area contributed by atoms with Crippen LogP contribution in [0, 0.1) is 15.6 Å².